The molecule has 2 N–H and O–H groups in total. The Labute approximate surface area is 253 Å². The Kier molecular flexibility index (Phi) is 10.4. The van der Waals surface area contributed by atoms with E-state index in [9.17, 15) is 18.3 Å². The molecular formula is C31H38ClN3O6S. The molecule has 0 bridgehead atoms. The first-order valence-corrected chi connectivity index (χ1v) is 15.6. The van der Waals surface area contributed by atoms with Crippen molar-refractivity contribution in [3.05, 3.63) is 82.9 Å². The number of amides is 1. The summed E-state index contributed by atoms with van der Waals surface area (Å²) in [7, 11) is -0.231. The number of carbonyl (C=O) groups excluding carboxylic acids is 1. The Morgan fingerprint density at radius 1 is 1.14 bits per heavy atom. The molecule has 1 heterocycles. The van der Waals surface area contributed by atoms with E-state index >= 15 is 0 Å². The molecule has 0 aromatic heterocycles. The highest BCUT2D eigenvalue weighted by Gasteiger charge is 2.31. The first-order valence-electron chi connectivity index (χ1n) is 13.8. The molecule has 1 amide bonds. The number of sulfonamides is 1. The number of aliphatic hydroxyl groups is 1. The van der Waals surface area contributed by atoms with Gasteiger partial charge in [0, 0.05) is 41.8 Å². The number of aliphatic hydroxyl groups excluding tert-OH is 1. The summed E-state index contributed by atoms with van der Waals surface area (Å²) in [5, 5.41) is 10.3. The number of likely N-dealkylation sites (N-methyl/N-ethyl adjacent to an activating group) is 1. The number of fused-ring (bicyclic) bond motifs is 1. The molecule has 226 valence electrons. The lowest BCUT2D eigenvalue weighted by Crippen LogP contribution is -2.47. The zero-order valence-electron chi connectivity index (χ0n) is 24.3. The van der Waals surface area contributed by atoms with Crippen molar-refractivity contribution in [3.63, 3.8) is 0 Å². The van der Waals surface area contributed by atoms with Gasteiger partial charge in [0.2, 0.25) is 5.91 Å². The fourth-order valence-corrected chi connectivity index (χ4v) is 6.13. The molecule has 0 aliphatic carbocycles. The van der Waals surface area contributed by atoms with E-state index in [1.807, 2.05) is 45.2 Å². The molecule has 0 saturated heterocycles. The molecule has 3 aromatic rings. The van der Waals surface area contributed by atoms with E-state index in [0.717, 1.165) is 11.3 Å². The van der Waals surface area contributed by atoms with Crippen molar-refractivity contribution in [2.24, 2.45) is 5.92 Å². The van der Waals surface area contributed by atoms with Crippen LogP contribution in [-0.2, 0) is 27.8 Å². The number of nitrogens with one attached hydrogen (secondary N) is 1. The maximum absolute atomic E-state index is 13.5. The van der Waals surface area contributed by atoms with E-state index < -0.39 is 10.0 Å². The number of halogens is 1. The predicted octanol–water partition coefficient (Wildman–Crippen LogP) is 4.43. The topological polar surface area (TPSA) is 108 Å². The average Bonchev–Trinajstić information content (AvgIpc) is 3.00. The number of hydrogen-bond donors (Lipinski definition) is 2. The van der Waals surface area contributed by atoms with Crippen molar-refractivity contribution in [1.29, 1.82) is 0 Å². The summed E-state index contributed by atoms with van der Waals surface area (Å²) in [5.41, 5.74) is 1.99. The van der Waals surface area contributed by atoms with Gasteiger partial charge in [-0.15, -0.1) is 0 Å². The lowest BCUT2D eigenvalue weighted by Gasteiger charge is -2.34. The number of rotatable bonds is 10. The number of methoxy groups -OCH3 is 1. The Hall–Kier alpha value is -3.31. The van der Waals surface area contributed by atoms with Crippen LogP contribution in [0.4, 0.5) is 5.69 Å². The zero-order chi connectivity index (χ0) is 30.4. The summed E-state index contributed by atoms with van der Waals surface area (Å²) in [4.78, 5) is 17.4. The van der Waals surface area contributed by atoms with Gasteiger partial charge >= 0.3 is 0 Å². The number of hydrogen-bond acceptors (Lipinski definition) is 7. The third-order valence-electron chi connectivity index (χ3n) is 7.40. The molecule has 42 heavy (non-hydrogen) atoms. The second-order valence-corrected chi connectivity index (χ2v) is 12.9. The highest BCUT2D eigenvalue weighted by atomic mass is 35.5. The SMILES string of the molecule is COc1ccc(CN(C)C[C@@H]2Oc3ccc(NS(=O)(=O)c4ccc(Cl)cc4)cc3CC(=O)N([C@@H](C)CO)C[C@@H]2C)cc1. The molecule has 0 saturated carbocycles. The summed E-state index contributed by atoms with van der Waals surface area (Å²) in [6.07, 6.45) is -0.292. The molecule has 0 radical (unpaired) electrons. The van der Waals surface area contributed by atoms with Gasteiger partial charge in [-0.05, 0) is 74.1 Å². The van der Waals surface area contributed by atoms with Crippen LogP contribution in [0.3, 0.4) is 0 Å². The van der Waals surface area contributed by atoms with E-state index in [-0.39, 0.29) is 41.9 Å². The van der Waals surface area contributed by atoms with Gasteiger partial charge in [0.05, 0.1) is 31.1 Å². The number of nitrogens with zero attached hydrogens (tertiary/aromatic N) is 2. The van der Waals surface area contributed by atoms with Crippen molar-refractivity contribution >= 4 is 33.2 Å². The van der Waals surface area contributed by atoms with Crippen LogP contribution in [0.25, 0.3) is 0 Å². The number of benzene rings is 3. The molecule has 0 unspecified atom stereocenters. The van der Waals surface area contributed by atoms with Gasteiger partial charge in [-0.1, -0.05) is 30.7 Å². The summed E-state index contributed by atoms with van der Waals surface area (Å²) in [5.74, 6) is 1.09. The van der Waals surface area contributed by atoms with Crippen LogP contribution >= 0.6 is 11.6 Å². The highest BCUT2D eigenvalue weighted by Crippen LogP contribution is 2.30. The van der Waals surface area contributed by atoms with Crippen molar-refractivity contribution in [2.75, 3.05) is 38.6 Å². The van der Waals surface area contributed by atoms with Crippen molar-refractivity contribution in [1.82, 2.24) is 9.80 Å². The molecule has 11 heteroatoms. The maximum Gasteiger partial charge on any atom is 0.261 e. The second kappa shape index (κ2) is 13.8. The molecule has 0 spiro atoms. The smallest absolute Gasteiger partial charge is 0.261 e. The van der Waals surface area contributed by atoms with Crippen LogP contribution in [-0.4, -0.2) is 75.2 Å². The van der Waals surface area contributed by atoms with Gasteiger partial charge in [0.25, 0.3) is 10.0 Å². The van der Waals surface area contributed by atoms with Gasteiger partial charge in [-0.25, -0.2) is 8.42 Å². The molecule has 1 aliphatic rings. The summed E-state index contributed by atoms with van der Waals surface area (Å²) in [6.45, 7) is 5.35. The third-order valence-corrected chi connectivity index (χ3v) is 9.04. The van der Waals surface area contributed by atoms with Crippen molar-refractivity contribution in [3.8, 4) is 11.5 Å². The number of ether oxygens (including phenoxy) is 2. The minimum absolute atomic E-state index is 0.00267. The normalized spacial score (nSPS) is 18.4. The lowest BCUT2D eigenvalue weighted by atomic mass is 10.0. The number of carbonyl (C=O) groups is 1. The second-order valence-electron chi connectivity index (χ2n) is 10.8. The van der Waals surface area contributed by atoms with Gasteiger partial charge in [-0.3, -0.25) is 14.4 Å². The lowest BCUT2D eigenvalue weighted by molar-refractivity contribution is -0.134. The van der Waals surface area contributed by atoms with Gasteiger partial charge in [0.15, 0.2) is 0 Å². The van der Waals surface area contributed by atoms with E-state index in [1.165, 1.54) is 24.3 Å². The van der Waals surface area contributed by atoms with E-state index in [0.29, 0.717) is 41.7 Å². The van der Waals surface area contributed by atoms with E-state index in [2.05, 4.69) is 9.62 Å². The molecule has 3 atom stereocenters. The third kappa shape index (κ3) is 7.95. The van der Waals surface area contributed by atoms with Crippen LogP contribution in [0, 0.1) is 5.92 Å². The van der Waals surface area contributed by atoms with Crippen LogP contribution < -0.4 is 14.2 Å². The molecule has 1 aliphatic heterocycles. The Morgan fingerprint density at radius 2 is 1.83 bits per heavy atom. The Bertz CT molecular complexity index is 1470. The average molecular weight is 616 g/mol. The Morgan fingerprint density at radius 3 is 2.48 bits per heavy atom. The monoisotopic (exact) mass is 615 g/mol. The summed E-state index contributed by atoms with van der Waals surface area (Å²) in [6, 6.07) is 18.4. The fraction of sp³-hybridized carbons (Fsp3) is 0.387. The minimum Gasteiger partial charge on any atom is -0.497 e. The number of anilines is 1. The first kappa shape index (κ1) is 31.6. The van der Waals surface area contributed by atoms with Gasteiger partial charge in [0.1, 0.15) is 17.6 Å². The van der Waals surface area contributed by atoms with Crippen LogP contribution in [0.5, 0.6) is 11.5 Å². The van der Waals surface area contributed by atoms with Crippen molar-refractivity contribution in [2.45, 2.75) is 43.9 Å². The van der Waals surface area contributed by atoms with Crippen LogP contribution in [0.2, 0.25) is 5.02 Å². The molecule has 0 fully saturated rings. The molecule has 9 nitrogen and oxygen atoms in total. The van der Waals surface area contributed by atoms with Crippen molar-refractivity contribution < 1.29 is 27.8 Å². The Balaban J connectivity index is 1.61. The van der Waals surface area contributed by atoms with E-state index in [4.69, 9.17) is 21.1 Å². The molecule has 3 aromatic carbocycles. The highest BCUT2D eigenvalue weighted by molar-refractivity contribution is 7.92. The largest absolute Gasteiger partial charge is 0.497 e. The summed E-state index contributed by atoms with van der Waals surface area (Å²) < 4.78 is 40.4. The maximum atomic E-state index is 13.5. The zero-order valence-corrected chi connectivity index (χ0v) is 25.9. The minimum atomic E-state index is -3.88. The van der Waals surface area contributed by atoms with Gasteiger partial charge < -0.3 is 19.5 Å². The molecular weight excluding hydrogens is 578 g/mol. The summed E-state index contributed by atoms with van der Waals surface area (Å²) >= 11 is 5.92. The standard InChI is InChI=1S/C31H38ClN3O6S/c1-21-17-35(22(2)20-36)31(37)16-24-15-26(33-42(38,39)28-12-7-25(32)8-13-28)9-14-29(24)41-30(21)19-34(3)18-23-5-10-27(40-4)11-6-23/h5-15,21-22,30,33,36H,16-20H2,1-4H3/t21-,22-,30-/m0/s1. The molecule has 4 rings (SSSR count). The fourth-order valence-electron chi connectivity index (χ4n) is 4.95. The quantitative estimate of drug-likeness (QED) is 0.347. The van der Waals surface area contributed by atoms with Crippen LogP contribution in [0.15, 0.2) is 71.6 Å². The predicted molar refractivity (Wildman–Crippen MR) is 164 cm³/mol. The first-order chi connectivity index (χ1) is 20.0. The van der Waals surface area contributed by atoms with E-state index in [1.54, 1.807) is 30.2 Å². The van der Waals surface area contributed by atoms with Gasteiger partial charge in [-0.2, -0.15) is 0 Å². The van der Waals surface area contributed by atoms with Crippen LogP contribution in [0.1, 0.15) is 25.0 Å².